The summed E-state index contributed by atoms with van der Waals surface area (Å²) in [7, 11) is 2.20. The van der Waals surface area contributed by atoms with Crippen molar-refractivity contribution >= 4 is 24.5 Å². The smallest absolute Gasteiger partial charge is 0.255 e. The van der Waals surface area contributed by atoms with Gasteiger partial charge in [0.25, 0.3) is 5.91 Å². The number of likely N-dealkylation sites (tertiary alicyclic amines) is 1. The fourth-order valence-electron chi connectivity index (χ4n) is 7.42. The second-order valence-electron chi connectivity index (χ2n) is 13.4. The predicted molar refractivity (Wildman–Crippen MR) is 170 cm³/mol. The standard InChI is InChI=1S/C27H35N5O2.C6H13NS/c1-31-13-11-27(12-14-31)16-32(17-27)25-24(15-28-18-29-25)34-23-8-3-2-7-21(23)26(33)30-22-10-9-20(22)19-5-4-6-19;8-7-6-4-2-1-3-5-6/h2-3,7-8,15,18-20,22H,4-6,9-14,16-17H2,1H3,(H,30,33);6-8H,1-5H2. The van der Waals surface area contributed by atoms with E-state index in [1.54, 1.807) is 12.5 Å². The number of amides is 1. The molecule has 7 rings (SSSR count). The number of nitrogens with one attached hydrogen (secondary N) is 2. The van der Waals surface area contributed by atoms with Crippen LogP contribution in [0.5, 0.6) is 11.5 Å². The van der Waals surface area contributed by atoms with Gasteiger partial charge < -0.3 is 19.9 Å². The van der Waals surface area contributed by atoms with Gasteiger partial charge in [0.1, 0.15) is 12.1 Å². The number of para-hydroxylation sites is 1. The van der Waals surface area contributed by atoms with Crippen LogP contribution in [-0.4, -0.2) is 66.1 Å². The number of thiol groups is 1. The van der Waals surface area contributed by atoms with Crippen LogP contribution in [-0.2, 0) is 0 Å². The van der Waals surface area contributed by atoms with Crippen LogP contribution >= 0.6 is 12.8 Å². The number of anilines is 1. The van der Waals surface area contributed by atoms with E-state index in [0.717, 1.165) is 44.3 Å². The first kappa shape index (κ1) is 29.7. The number of benzene rings is 1. The van der Waals surface area contributed by atoms with Crippen LogP contribution in [0.4, 0.5) is 5.82 Å². The lowest BCUT2D eigenvalue weighted by molar-refractivity contribution is 0.0660. The molecule has 228 valence electrons. The zero-order valence-electron chi connectivity index (χ0n) is 25.1. The van der Waals surface area contributed by atoms with E-state index in [1.165, 1.54) is 70.6 Å². The van der Waals surface area contributed by atoms with Gasteiger partial charge in [-0.15, -0.1) is 0 Å². The number of aromatic nitrogens is 2. The number of rotatable bonds is 7. The minimum absolute atomic E-state index is 0.0442. The van der Waals surface area contributed by atoms with Gasteiger partial charge in [-0.2, -0.15) is 0 Å². The lowest BCUT2D eigenvalue weighted by Gasteiger charge is -2.54. The monoisotopic (exact) mass is 592 g/mol. The zero-order valence-corrected chi connectivity index (χ0v) is 26.0. The van der Waals surface area contributed by atoms with Gasteiger partial charge in [0.2, 0.25) is 0 Å². The van der Waals surface area contributed by atoms with Crippen LogP contribution in [0.25, 0.3) is 0 Å². The lowest BCUT2D eigenvalue weighted by Crippen LogP contribution is -2.60. The molecule has 1 aromatic carbocycles. The second kappa shape index (κ2) is 13.5. The molecule has 9 heteroatoms. The summed E-state index contributed by atoms with van der Waals surface area (Å²) in [5, 5.41) is 3.30. The Labute approximate surface area is 256 Å². The normalized spacial score (nSPS) is 25.8. The molecule has 5 fully saturated rings. The molecule has 3 heterocycles. The lowest BCUT2D eigenvalue weighted by atomic mass is 9.64. The fraction of sp³-hybridized carbons (Fsp3) is 0.667. The average Bonchev–Trinajstić information content (AvgIpc) is 2.98. The number of piperidine rings is 1. The van der Waals surface area contributed by atoms with Crippen molar-refractivity contribution in [3.05, 3.63) is 42.4 Å². The van der Waals surface area contributed by atoms with E-state index >= 15 is 0 Å². The Kier molecular flexibility index (Phi) is 9.56. The minimum atomic E-state index is -0.0442. The van der Waals surface area contributed by atoms with Crippen LogP contribution in [0.2, 0.25) is 0 Å². The molecule has 3 aliphatic carbocycles. The molecule has 1 amide bonds. The zero-order chi connectivity index (χ0) is 28.9. The van der Waals surface area contributed by atoms with E-state index < -0.39 is 0 Å². The molecule has 1 spiro atoms. The first-order valence-corrected chi connectivity index (χ1v) is 16.7. The highest BCUT2D eigenvalue weighted by Crippen LogP contribution is 2.45. The first-order valence-electron chi connectivity index (χ1n) is 16.2. The van der Waals surface area contributed by atoms with Crippen LogP contribution in [0.15, 0.2) is 36.8 Å². The van der Waals surface area contributed by atoms with Crippen LogP contribution in [0.3, 0.4) is 0 Å². The Balaban J connectivity index is 0.000000343. The van der Waals surface area contributed by atoms with E-state index in [1.807, 2.05) is 24.3 Å². The Bertz CT molecular complexity index is 1190. The Hall–Kier alpha value is -2.36. The molecule has 2 atom stereocenters. The number of ether oxygens (including phenoxy) is 1. The maximum Gasteiger partial charge on any atom is 0.255 e. The summed E-state index contributed by atoms with van der Waals surface area (Å²) < 4.78 is 9.31. The Morgan fingerprint density at radius 2 is 1.74 bits per heavy atom. The molecule has 3 saturated carbocycles. The van der Waals surface area contributed by atoms with Crippen molar-refractivity contribution in [2.75, 3.05) is 38.1 Å². The first-order chi connectivity index (χ1) is 20.5. The summed E-state index contributed by atoms with van der Waals surface area (Å²) in [5.41, 5.74) is 0.971. The van der Waals surface area contributed by atoms with E-state index in [4.69, 9.17) is 4.74 Å². The van der Waals surface area contributed by atoms with Crippen molar-refractivity contribution in [1.29, 1.82) is 0 Å². The topological polar surface area (TPSA) is 82.6 Å². The van der Waals surface area contributed by atoms with Gasteiger partial charge in [-0.05, 0) is 82.6 Å². The number of hydrogen-bond acceptors (Lipinski definition) is 8. The van der Waals surface area contributed by atoms with Gasteiger partial charge in [-0.3, -0.25) is 9.52 Å². The van der Waals surface area contributed by atoms with Crippen LogP contribution in [0, 0.1) is 17.3 Å². The van der Waals surface area contributed by atoms with Crippen molar-refractivity contribution in [3.63, 3.8) is 0 Å². The largest absolute Gasteiger partial charge is 0.451 e. The molecule has 2 aliphatic heterocycles. The van der Waals surface area contributed by atoms with Crippen molar-refractivity contribution < 1.29 is 9.53 Å². The van der Waals surface area contributed by atoms with Gasteiger partial charge in [-0.1, -0.05) is 63.5 Å². The summed E-state index contributed by atoms with van der Waals surface area (Å²) in [5.74, 6) is 3.40. The SMILES string of the molecule is CN1CCC2(CC1)CN(c1ncncc1Oc1ccccc1C(=O)NC1CCC1C1CCC1)C2.SNC1CCCCC1. The summed E-state index contributed by atoms with van der Waals surface area (Å²) >= 11 is 4.01. The molecule has 2 aromatic rings. The van der Waals surface area contributed by atoms with Crippen LogP contribution < -0.4 is 19.7 Å². The number of carbonyl (C=O) groups is 1. The van der Waals surface area contributed by atoms with Gasteiger partial charge in [0.05, 0.1) is 11.8 Å². The van der Waals surface area contributed by atoms with E-state index in [0.29, 0.717) is 40.5 Å². The highest BCUT2D eigenvalue weighted by atomic mass is 32.1. The molecular weight excluding hydrogens is 544 g/mol. The number of carbonyl (C=O) groups excluding carboxylic acids is 1. The molecule has 42 heavy (non-hydrogen) atoms. The van der Waals surface area contributed by atoms with E-state index in [9.17, 15) is 4.79 Å². The van der Waals surface area contributed by atoms with Crippen LogP contribution in [0.1, 0.15) is 87.4 Å². The third-order valence-corrected chi connectivity index (χ3v) is 11.0. The highest BCUT2D eigenvalue weighted by molar-refractivity contribution is 7.78. The number of nitrogens with zero attached hydrogens (tertiary/aromatic N) is 4. The Morgan fingerprint density at radius 3 is 2.38 bits per heavy atom. The third kappa shape index (κ3) is 6.73. The molecule has 2 N–H and O–H groups in total. The average molecular weight is 593 g/mol. The maximum atomic E-state index is 13.2. The third-order valence-electron chi connectivity index (χ3n) is 10.6. The van der Waals surface area contributed by atoms with Gasteiger partial charge in [-0.25, -0.2) is 9.97 Å². The molecule has 8 nitrogen and oxygen atoms in total. The molecule has 2 saturated heterocycles. The van der Waals surface area contributed by atoms with Crippen molar-refractivity contribution in [1.82, 2.24) is 24.9 Å². The Morgan fingerprint density at radius 1 is 0.976 bits per heavy atom. The molecule has 2 unspecified atom stereocenters. The van der Waals surface area contributed by atoms with Gasteiger partial charge in [0.15, 0.2) is 11.6 Å². The van der Waals surface area contributed by atoms with Crippen molar-refractivity contribution in [3.8, 4) is 11.5 Å². The predicted octanol–water partition coefficient (Wildman–Crippen LogP) is 5.86. The van der Waals surface area contributed by atoms with E-state index in [-0.39, 0.29) is 5.91 Å². The second-order valence-corrected chi connectivity index (χ2v) is 13.7. The summed E-state index contributed by atoms with van der Waals surface area (Å²) in [6.07, 6.45) is 18.9. The van der Waals surface area contributed by atoms with Gasteiger partial charge in [0, 0.05) is 30.6 Å². The molecule has 0 bridgehead atoms. The van der Waals surface area contributed by atoms with Crippen molar-refractivity contribution in [2.24, 2.45) is 17.3 Å². The quantitative estimate of drug-likeness (QED) is 0.347. The maximum absolute atomic E-state index is 13.2. The molecular formula is C33H48N6O2S. The summed E-state index contributed by atoms with van der Waals surface area (Å²) in [4.78, 5) is 26.7. The summed E-state index contributed by atoms with van der Waals surface area (Å²) in [6.45, 7) is 4.32. The van der Waals surface area contributed by atoms with E-state index in [2.05, 4.69) is 49.7 Å². The van der Waals surface area contributed by atoms with Gasteiger partial charge >= 0.3 is 0 Å². The number of hydrogen-bond donors (Lipinski definition) is 3. The minimum Gasteiger partial charge on any atom is -0.451 e. The highest BCUT2D eigenvalue weighted by Gasteiger charge is 2.46. The summed E-state index contributed by atoms with van der Waals surface area (Å²) in [6, 6.07) is 8.52. The molecule has 0 radical (unpaired) electrons. The molecule has 5 aliphatic rings. The molecule has 1 aromatic heterocycles. The fourth-order valence-corrected chi connectivity index (χ4v) is 7.68. The van der Waals surface area contributed by atoms with Crippen molar-refractivity contribution in [2.45, 2.75) is 89.1 Å².